The molecule has 1 atom stereocenters. The minimum Gasteiger partial charge on any atom is -0.494 e. The van der Waals surface area contributed by atoms with Crippen LogP contribution in [0, 0.1) is 10.7 Å². The lowest BCUT2D eigenvalue weighted by Crippen LogP contribution is -2.22. The summed E-state index contributed by atoms with van der Waals surface area (Å²) in [6.07, 6.45) is 3.14. The highest BCUT2D eigenvalue weighted by Crippen LogP contribution is 2.38. The third-order valence-corrected chi connectivity index (χ3v) is 8.22. The van der Waals surface area contributed by atoms with Gasteiger partial charge in [0.05, 0.1) is 38.8 Å². The van der Waals surface area contributed by atoms with Crippen molar-refractivity contribution < 1.29 is 18.5 Å². The van der Waals surface area contributed by atoms with Crippen LogP contribution in [-0.4, -0.2) is 50.6 Å². The molecule has 12 heteroatoms. The number of hydrogen-bond acceptors (Lipinski definition) is 9. The van der Waals surface area contributed by atoms with E-state index in [1.165, 1.54) is 20.4 Å². The molecular formula is C25H29N7O4S. The summed E-state index contributed by atoms with van der Waals surface area (Å²) in [7, 11) is 0.0440. The van der Waals surface area contributed by atoms with Crippen molar-refractivity contribution in [3.05, 3.63) is 48.3 Å². The zero-order chi connectivity index (χ0) is 26.7. The van der Waals surface area contributed by atoms with Gasteiger partial charge in [-0.05, 0) is 51.0 Å². The minimum absolute atomic E-state index is 0.0172. The largest absolute Gasteiger partial charge is 0.494 e. The Morgan fingerprint density at radius 2 is 1.89 bits per heavy atom. The van der Waals surface area contributed by atoms with Crippen molar-refractivity contribution in [1.82, 2.24) is 20.5 Å². The van der Waals surface area contributed by atoms with E-state index < -0.39 is 15.6 Å². The van der Waals surface area contributed by atoms with Crippen LogP contribution in [0.3, 0.4) is 0 Å². The topological polar surface area (TPSA) is 159 Å². The number of carbonyl (C=O) groups excluding carboxylic acids is 2. The minimum atomic E-state index is -2.96. The van der Waals surface area contributed by atoms with Gasteiger partial charge in [0.25, 0.3) is 5.91 Å². The molecule has 11 nitrogen and oxygen atoms in total. The lowest BCUT2D eigenvalue weighted by molar-refractivity contribution is -0.117. The van der Waals surface area contributed by atoms with Gasteiger partial charge in [-0.2, -0.15) is 0 Å². The van der Waals surface area contributed by atoms with Crippen LogP contribution in [0.5, 0.6) is 5.75 Å². The second-order valence-electron chi connectivity index (χ2n) is 8.87. The van der Waals surface area contributed by atoms with Gasteiger partial charge in [-0.1, -0.05) is 6.07 Å². The van der Waals surface area contributed by atoms with E-state index in [1.807, 2.05) is 6.07 Å². The first-order chi connectivity index (χ1) is 17.6. The Labute approximate surface area is 215 Å². The van der Waals surface area contributed by atoms with Gasteiger partial charge in [-0.15, -0.1) is 10.2 Å². The maximum absolute atomic E-state index is 12.7. The van der Waals surface area contributed by atoms with Crippen molar-refractivity contribution in [1.29, 1.82) is 4.78 Å². The highest BCUT2D eigenvalue weighted by molar-refractivity contribution is 7.93. The Morgan fingerprint density at radius 3 is 2.49 bits per heavy atom. The predicted octanol–water partition coefficient (Wildman–Crippen LogP) is 3.81. The number of nitrogens with one attached hydrogen (secondary N) is 4. The van der Waals surface area contributed by atoms with Crippen molar-refractivity contribution in [2.45, 2.75) is 36.8 Å². The van der Waals surface area contributed by atoms with E-state index in [2.05, 4.69) is 31.1 Å². The summed E-state index contributed by atoms with van der Waals surface area (Å²) < 4.78 is 26.6. The van der Waals surface area contributed by atoms with E-state index in [-0.39, 0.29) is 28.6 Å². The fraction of sp³-hybridized carbons (Fsp3) is 0.320. The number of aromatic nitrogens is 3. The van der Waals surface area contributed by atoms with Crippen LogP contribution in [-0.2, 0) is 14.5 Å². The van der Waals surface area contributed by atoms with E-state index in [0.29, 0.717) is 33.3 Å². The highest BCUT2D eigenvalue weighted by Gasteiger charge is 2.30. The first-order valence-corrected chi connectivity index (χ1v) is 13.4. The van der Waals surface area contributed by atoms with Gasteiger partial charge in [-0.3, -0.25) is 14.6 Å². The molecule has 0 aliphatic heterocycles. The third-order valence-electron chi connectivity index (χ3n) is 5.95. The van der Waals surface area contributed by atoms with Gasteiger partial charge in [-0.25, -0.2) is 8.99 Å². The summed E-state index contributed by atoms with van der Waals surface area (Å²) in [5.41, 5.74) is 2.09. The molecule has 1 aliphatic carbocycles. The second-order valence-corrected chi connectivity index (χ2v) is 11.5. The first kappa shape index (κ1) is 26.0. The molecule has 2 aromatic heterocycles. The van der Waals surface area contributed by atoms with Crippen molar-refractivity contribution >= 4 is 38.7 Å². The maximum atomic E-state index is 12.7. The molecule has 1 saturated carbocycles. The molecule has 37 heavy (non-hydrogen) atoms. The molecule has 1 aliphatic rings. The molecule has 3 aromatic rings. The zero-order valence-corrected chi connectivity index (χ0v) is 21.8. The molecule has 0 spiro atoms. The van der Waals surface area contributed by atoms with E-state index in [9.17, 15) is 13.8 Å². The van der Waals surface area contributed by atoms with Gasteiger partial charge in [0.2, 0.25) is 5.91 Å². The number of carbonyl (C=O) groups is 2. The standard InChI is InChI=1S/C25H29N7O4S/c1-14(2)37(26,35)16-10-11-18(28-13-16)17-6-5-7-19(23(17)36-4)29-20-12-21(30-24(33)15-8-9-15)31-32-22(20)25(34)27-3/h5-7,10-15,26H,8-9H2,1-4H3,(H,27,34)(H2,29,30,31,33)/t37-/m1/s1. The summed E-state index contributed by atoms with van der Waals surface area (Å²) in [5, 5.41) is 16.1. The Morgan fingerprint density at radius 1 is 1.14 bits per heavy atom. The lowest BCUT2D eigenvalue weighted by atomic mass is 10.1. The van der Waals surface area contributed by atoms with E-state index in [1.54, 1.807) is 44.2 Å². The van der Waals surface area contributed by atoms with Crippen LogP contribution in [0.4, 0.5) is 17.2 Å². The molecule has 0 radical (unpaired) electrons. The number of benzene rings is 1. The van der Waals surface area contributed by atoms with Crippen molar-refractivity contribution in [2.24, 2.45) is 5.92 Å². The van der Waals surface area contributed by atoms with Gasteiger partial charge in [0.15, 0.2) is 17.3 Å². The number of ether oxygens (including phenoxy) is 1. The molecular weight excluding hydrogens is 494 g/mol. The summed E-state index contributed by atoms with van der Waals surface area (Å²) in [6.45, 7) is 3.48. The number of pyridine rings is 1. The molecule has 4 rings (SSSR count). The van der Waals surface area contributed by atoms with E-state index in [0.717, 1.165) is 12.8 Å². The molecule has 4 N–H and O–H groups in total. The number of anilines is 3. The SMILES string of the molecule is CNC(=O)c1nnc(NC(=O)C2CC2)cc1Nc1cccc(-c2ccc([S@](=N)(=O)C(C)C)cn2)c1OC. The Kier molecular flexibility index (Phi) is 7.39. The Balaban J connectivity index is 1.70. The molecule has 194 valence electrons. The molecule has 0 bridgehead atoms. The van der Waals surface area contributed by atoms with Crippen molar-refractivity contribution in [3.8, 4) is 17.0 Å². The first-order valence-electron chi connectivity index (χ1n) is 11.7. The number of methoxy groups -OCH3 is 1. The second kappa shape index (κ2) is 10.5. The van der Waals surface area contributed by atoms with Gasteiger partial charge in [0, 0.05) is 36.0 Å². The fourth-order valence-electron chi connectivity index (χ4n) is 3.60. The quantitative estimate of drug-likeness (QED) is 0.329. The highest BCUT2D eigenvalue weighted by atomic mass is 32.2. The molecule has 2 amide bonds. The van der Waals surface area contributed by atoms with Crippen LogP contribution in [0.15, 0.2) is 47.5 Å². The summed E-state index contributed by atoms with van der Waals surface area (Å²) in [4.78, 5) is 29.5. The molecule has 0 saturated heterocycles. The number of nitrogens with zero attached hydrogens (tertiary/aromatic N) is 3. The number of rotatable bonds is 9. The molecule has 0 unspecified atom stereocenters. The van der Waals surface area contributed by atoms with Crippen LogP contribution >= 0.6 is 0 Å². The molecule has 2 heterocycles. The average molecular weight is 524 g/mol. The van der Waals surface area contributed by atoms with Crippen LogP contribution < -0.4 is 20.7 Å². The molecule has 1 aromatic carbocycles. The predicted molar refractivity (Wildman–Crippen MR) is 141 cm³/mol. The zero-order valence-electron chi connectivity index (χ0n) is 21.0. The summed E-state index contributed by atoms with van der Waals surface area (Å²) in [6, 6.07) is 10.3. The van der Waals surface area contributed by atoms with E-state index in [4.69, 9.17) is 9.52 Å². The van der Waals surface area contributed by atoms with Gasteiger partial charge < -0.3 is 20.7 Å². The smallest absolute Gasteiger partial charge is 0.273 e. The number of amides is 2. The summed E-state index contributed by atoms with van der Waals surface area (Å²) >= 11 is 0. The van der Waals surface area contributed by atoms with Crippen LogP contribution in [0.2, 0.25) is 0 Å². The third kappa shape index (κ3) is 5.53. The Bertz CT molecular complexity index is 1440. The lowest BCUT2D eigenvalue weighted by Gasteiger charge is -2.17. The summed E-state index contributed by atoms with van der Waals surface area (Å²) in [5.74, 6) is 0.0733. The number of para-hydroxylation sites is 1. The van der Waals surface area contributed by atoms with Crippen LogP contribution in [0.1, 0.15) is 37.2 Å². The molecule has 1 fully saturated rings. The van der Waals surface area contributed by atoms with Crippen molar-refractivity contribution in [2.75, 3.05) is 24.8 Å². The van der Waals surface area contributed by atoms with E-state index >= 15 is 0 Å². The normalized spacial score (nSPS) is 14.5. The monoisotopic (exact) mass is 523 g/mol. The Hall–Kier alpha value is -4.06. The van der Waals surface area contributed by atoms with Crippen molar-refractivity contribution in [3.63, 3.8) is 0 Å². The van der Waals surface area contributed by atoms with Crippen LogP contribution in [0.25, 0.3) is 11.3 Å². The average Bonchev–Trinajstić information content (AvgIpc) is 3.74. The number of hydrogen-bond donors (Lipinski definition) is 4. The maximum Gasteiger partial charge on any atom is 0.273 e. The van der Waals surface area contributed by atoms with Gasteiger partial charge >= 0.3 is 0 Å². The fourth-order valence-corrected chi connectivity index (χ4v) is 4.63. The van der Waals surface area contributed by atoms with Gasteiger partial charge in [0.1, 0.15) is 0 Å².